The van der Waals surface area contributed by atoms with Crippen molar-refractivity contribution in [1.82, 2.24) is 10.2 Å². The zero-order valence-corrected chi connectivity index (χ0v) is 11.4. The molecule has 0 atom stereocenters. The largest absolute Gasteiger partial charge is 0.381 e. The Bertz CT molecular complexity index is 427. The number of halogens is 2. The first-order valence-electron chi connectivity index (χ1n) is 6.11. The summed E-state index contributed by atoms with van der Waals surface area (Å²) < 4.78 is 27.2. The van der Waals surface area contributed by atoms with E-state index in [-0.39, 0.29) is 11.3 Å². The quantitative estimate of drug-likeness (QED) is 0.827. The average Bonchev–Trinajstić information content (AvgIpc) is 2.33. The van der Waals surface area contributed by atoms with Crippen LogP contribution in [0.1, 0.15) is 17.3 Å². The summed E-state index contributed by atoms with van der Waals surface area (Å²) in [5, 5.41) is 5.18. The van der Waals surface area contributed by atoms with Gasteiger partial charge in [-0.3, -0.25) is 4.79 Å². The van der Waals surface area contributed by atoms with Crippen molar-refractivity contribution in [3.8, 4) is 0 Å². The van der Waals surface area contributed by atoms with Crippen molar-refractivity contribution in [3.63, 3.8) is 0 Å². The van der Waals surface area contributed by atoms with Crippen LogP contribution in [0.4, 0.5) is 14.5 Å². The molecule has 4 nitrogen and oxygen atoms in total. The van der Waals surface area contributed by atoms with Gasteiger partial charge in [-0.1, -0.05) is 0 Å². The number of carbonyl (C=O) groups is 1. The van der Waals surface area contributed by atoms with E-state index in [1.165, 1.54) is 0 Å². The van der Waals surface area contributed by atoms with E-state index < -0.39 is 17.5 Å². The molecule has 2 N–H and O–H groups in total. The second-order valence-electron chi connectivity index (χ2n) is 4.40. The third-order valence-corrected chi connectivity index (χ3v) is 2.50. The predicted octanol–water partition coefficient (Wildman–Crippen LogP) is 1.69. The van der Waals surface area contributed by atoms with E-state index in [1.807, 2.05) is 19.0 Å². The highest BCUT2D eigenvalue weighted by Gasteiger charge is 2.14. The van der Waals surface area contributed by atoms with Gasteiger partial charge in [0.1, 0.15) is 17.3 Å². The van der Waals surface area contributed by atoms with E-state index in [1.54, 1.807) is 6.92 Å². The van der Waals surface area contributed by atoms with Gasteiger partial charge in [0, 0.05) is 25.2 Å². The van der Waals surface area contributed by atoms with Crippen molar-refractivity contribution >= 4 is 11.6 Å². The second-order valence-corrected chi connectivity index (χ2v) is 4.40. The Kier molecular flexibility index (Phi) is 5.69. The fraction of sp³-hybridized carbons (Fsp3) is 0.462. The maximum Gasteiger partial charge on any atom is 0.251 e. The molecule has 0 saturated heterocycles. The highest BCUT2D eigenvalue weighted by Crippen LogP contribution is 2.20. The molecule has 0 unspecified atom stereocenters. The van der Waals surface area contributed by atoms with Crippen LogP contribution in [-0.4, -0.2) is 44.5 Å². The van der Waals surface area contributed by atoms with Crippen molar-refractivity contribution in [2.45, 2.75) is 6.92 Å². The van der Waals surface area contributed by atoms with Gasteiger partial charge >= 0.3 is 0 Å². The molecule has 0 fully saturated rings. The number of hydrogen-bond acceptors (Lipinski definition) is 3. The Morgan fingerprint density at radius 3 is 2.32 bits per heavy atom. The minimum atomic E-state index is -0.764. The van der Waals surface area contributed by atoms with Gasteiger partial charge in [-0.25, -0.2) is 8.78 Å². The van der Waals surface area contributed by atoms with Gasteiger partial charge in [0.15, 0.2) is 0 Å². The van der Waals surface area contributed by atoms with E-state index in [2.05, 4.69) is 10.6 Å². The SMILES string of the molecule is CCNc1c(F)cc(C(=O)NCCN(C)C)cc1F. The molecule has 0 bridgehead atoms. The third kappa shape index (κ3) is 4.48. The summed E-state index contributed by atoms with van der Waals surface area (Å²) in [5.74, 6) is -2.01. The van der Waals surface area contributed by atoms with E-state index in [9.17, 15) is 13.6 Å². The zero-order valence-electron chi connectivity index (χ0n) is 11.4. The molecule has 0 radical (unpaired) electrons. The van der Waals surface area contributed by atoms with E-state index in [0.717, 1.165) is 12.1 Å². The summed E-state index contributed by atoms with van der Waals surface area (Å²) in [6.07, 6.45) is 0. The topological polar surface area (TPSA) is 44.4 Å². The lowest BCUT2D eigenvalue weighted by atomic mass is 10.1. The smallest absolute Gasteiger partial charge is 0.251 e. The van der Waals surface area contributed by atoms with Gasteiger partial charge in [0.2, 0.25) is 0 Å². The molecule has 1 amide bonds. The Labute approximate surface area is 111 Å². The van der Waals surface area contributed by atoms with Crippen LogP contribution in [0.5, 0.6) is 0 Å². The molecule has 0 heterocycles. The standard InChI is InChI=1S/C13H19F2N3O/c1-4-16-12-10(14)7-9(8-11(12)15)13(19)17-5-6-18(2)3/h7-8,16H,4-6H2,1-3H3,(H,17,19). The monoisotopic (exact) mass is 271 g/mol. The summed E-state index contributed by atoms with van der Waals surface area (Å²) in [7, 11) is 3.74. The minimum Gasteiger partial charge on any atom is -0.381 e. The lowest BCUT2D eigenvalue weighted by Crippen LogP contribution is -2.31. The lowest BCUT2D eigenvalue weighted by molar-refractivity contribution is 0.0950. The van der Waals surface area contributed by atoms with Crippen LogP contribution < -0.4 is 10.6 Å². The number of anilines is 1. The molecule has 0 aliphatic carbocycles. The summed E-state index contributed by atoms with van der Waals surface area (Å²) in [6, 6.07) is 2.07. The van der Waals surface area contributed by atoms with Crippen LogP contribution in [0.25, 0.3) is 0 Å². The van der Waals surface area contributed by atoms with Gasteiger partial charge in [-0.05, 0) is 33.2 Å². The van der Waals surface area contributed by atoms with Crippen molar-refractivity contribution in [2.75, 3.05) is 39.0 Å². The molecular weight excluding hydrogens is 252 g/mol. The number of carbonyl (C=O) groups excluding carboxylic acids is 1. The summed E-state index contributed by atoms with van der Waals surface area (Å²) >= 11 is 0. The molecule has 6 heteroatoms. The molecule has 1 aromatic rings. The molecule has 106 valence electrons. The lowest BCUT2D eigenvalue weighted by Gasteiger charge is -2.12. The first-order valence-corrected chi connectivity index (χ1v) is 6.11. The van der Waals surface area contributed by atoms with E-state index in [0.29, 0.717) is 19.6 Å². The molecular formula is C13H19F2N3O. The highest BCUT2D eigenvalue weighted by molar-refractivity contribution is 5.94. The maximum atomic E-state index is 13.6. The number of nitrogens with zero attached hydrogens (tertiary/aromatic N) is 1. The fourth-order valence-corrected chi connectivity index (χ4v) is 1.54. The Hall–Kier alpha value is -1.69. The first kappa shape index (κ1) is 15.4. The van der Waals surface area contributed by atoms with Crippen LogP contribution in [-0.2, 0) is 0 Å². The molecule has 0 aromatic heterocycles. The van der Waals surface area contributed by atoms with Crippen LogP contribution in [0.15, 0.2) is 12.1 Å². The zero-order chi connectivity index (χ0) is 14.4. The number of rotatable bonds is 6. The van der Waals surface area contributed by atoms with Gasteiger partial charge in [0.05, 0.1) is 0 Å². The van der Waals surface area contributed by atoms with Crippen molar-refractivity contribution in [2.24, 2.45) is 0 Å². The summed E-state index contributed by atoms with van der Waals surface area (Å²) in [5.41, 5.74) is -0.220. The Balaban J connectivity index is 2.76. The van der Waals surface area contributed by atoms with Crippen LogP contribution in [0, 0.1) is 11.6 Å². The van der Waals surface area contributed by atoms with Gasteiger partial charge in [-0.2, -0.15) is 0 Å². The normalized spacial score (nSPS) is 10.6. The number of hydrogen-bond donors (Lipinski definition) is 2. The van der Waals surface area contributed by atoms with Crippen molar-refractivity contribution in [1.29, 1.82) is 0 Å². The van der Waals surface area contributed by atoms with Gasteiger partial charge in [-0.15, -0.1) is 0 Å². The molecule has 0 spiro atoms. The molecule has 0 aliphatic heterocycles. The molecule has 1 aromatic carbocycles. The van der Waals surface area contributed by atoms with Crippen molar-refractivity contribution < 1.29 is 13.6 Å². The van der Waals surface area contributed by atoms with Crippen LogP contribution >= 0.6 is 0 Å². The molecule has 1 rings (SSSR count). The summed E-state index contributed by atoms with van der Waals surface area (Å²) in [6.45, 7) is 3.22. The molecule has 0 saturated carbocycles. The number of amides is 1. The van der Waals surface area contributed by atoms with Gasteiger partial charge < -0.3 is 15.5 Å². The average molecular weight is 271 g/mol. The first-order chi connectivity index (χ1) is 8.95. The summed E-state index contributed by atoms with van der Waals surface area (Å²) in [4.78, 5) is 13.6. The fourth-order valence-electron chi connectivity index (χ4n) is 1.54. The van der Waals surface area contributed by atoms with E-state index in [4.69, 9.17) is 0 Å². The number of likely N-dealkylation sites (N-methyl/N-ethyl adjacent to an activating group) is 1. The second kappa shape index (κ2) is 7.04. The predicted molar refractivity (Wildman–Crippen MR) is 71.4 cm³/mol. The molecule has 19 heavy (non-hydrogen) atoms. The maximum absolute atomic E-state index is 13.6. The number of benzene rings is 1. The van der Waals surface area contributed by atoms with Gasteiger partial charge in [0.25, 0.3) is 5.91 Å². The third-order valence-electron chi connectivity index (χ3n) is 2.50. The minimum absolute atomic E-state index is 0.0181. The van der Waals surface area contributed by atoms with Crippen LogP contribution in [0.3, 0.4) is 0 Å². The Morgan fingerprint density at radius 2 is 1.84 bits per heavy atom. The van der Waals surface area contributed by atoms with Crippen molar-refractivity contribution in [3.05, 3.63) is 29.3 Å². The molecule has 0 aliphatic rings. The van der Waals surface area contributed by atoms with E-state index >= 15 is 0 Å². The number of nitrogens with one attached hydrogen (secondary N) is 2. The van der Waals surface area contributed by atoms with Crippen LogP contribution in [0.2, 0.25) is 0 Å². The Morgan fingerprint density at radius 1 is 1.26 bits per heavy atom. The highest BCUT2D eigenvalue weighted by atomic mass is 19.1.